The van der Waals surface area contributed by atoms with E-state index in [4.69, 9.17) is 4.74 Å². The number of hydrogen-bond acceptors (Lipinski definition) is 6. The van der Waals surface area contributed by atoms with Crippen LogP contribution in [0.25, 0.3) is 0 Å². The van der Waals surface area contributed by atoms with Gasteiger partial charge in [0.1, 0.15) is 5.82 Å². The molecule has 2 unspecified atom stereocenters. The minimum absolute atomic E-state index is 0.0399. The van der Waals surface area contributed by atoms with Crippen molar-refractivity contribution in [3.8, 4) is 0 Å². The number of rotatable bonds is 8. The molecule has 3 aliphatic rings. The number of aliphatic hydroxyl groups excluding tert-OH is 2. The molecule has 212 valence electrons. The summed E-state index contributed by atoms with van der Waals surface area (Å²) in [5, 5.41) is 23.3. The van der Waals surface area contributed by atoms with Gasteiger partial charge in [-0.1, -0.05) is 12.1 Å². The number of benzene rings is 1. The highest BCUT2D eigenvalue weighted by Gasteiger charge is 2.46. The Balaban J connectivity index is 1.67. The van der Waals surface area contributed by atoms with Crippen LogP contribution in [-0.2, 0) is 14.3 Å². The summed E-state index contributed by atoms with van der Waals surface area (Å²) in [4.78, 5) is 31.7. The first-order chi connectivity index (χ1) is 18.4. The average Bonchev–Trinajstić information content (AvgIpc) is 2.96. The summed E-state index contributed by atoms with van der Waals surface area (Å²) in [7, 11) is 1.59. The van der Waals surface area contributed by atoms with E-state index in [1.165, 1.54) is 6.07 Å². The molecule has 0 aromatic heterocycles. The van der Waals surface area contributed by atoms with Crippen molar-refractivity contribution in [1.29, 1.82) is 0 Å². The monoisotopic (exact) mass is 533 g/mol. The zero-order valence-electron chi connectivity index (χ0n) is 22.8. The Morgan fingerprint density at radius 3 is 2.05 bits per heavy atom. The summed E-state index contributed by atoms with van der Waals surface area (Å²) < 4.78 is 20.4. The van der Waals surface area contributed by atoms with E-state index in [2.05, 4.69) is 5.32 Å². The van der Waals surface area contributed by atoms with Crippen molar-refractivity contribution in [2.75, 3.05) is 46.5 Å². The van der Waals surface area contributed by atoms with E-state index < -0.39 is 17.9 Å². The van der Waals surface area contributed by atoms with Crippen LogP contribution in [0.5, 0.6) is 0 Å². The van der Waals surface area contributed by atoms with E-state index in [1.807, 2.05) is 15.9 Å². The molecule has 38 heavy (non-hydrogen) atoms. The number of methoxy groups -OCH3 is 1. The van der Waals surface area contributed by atoms with Gasteiger partial charge in [0.15, 0.2) is 0 Å². The molecule has 2 amide bonds. The second kappa shape index (κ2) is 13.3. The lowest BCUT2D eigenvalue weighted by atomic mass is 9.72. The van der Waals surface area contributed by atoms with Crippen LogP contribution in [0.3, 0.4) is 0 Å². The lowest BCUT2D eigenvalue weighted by Crippen LogP contribution is -2.59. The van der Waals surface area contributed by atoms with Crippen molar-refractivity contribution in [3.05, 3.63) is 35.1 Å². The maximum Gasteiger partial charge on any atom is 0.227 e. The maximum atomic E-state index is 14.5. The van der Waals surface area contributed by atoms with Gasteiger partial charge in [0.2, 0.25) is 11.8 Å². The van der Waals surface area contributed by atoms with Gasteiger partial charge in [0.25, 0.3) is 0 Å². The Bertz CT molecular complexity index is 918. The van der Waals surface area contributed by atoms with E-state index in [0.29, 0.717) is 38.2 Å². The highest BCUT2D eigenvalue weighted by Crippen LogP contribution is 2.39. The normalized spacial score (nSPS) is 29.2. The van der Waals surface area contributed by atoms with Crippen LogP contribution in [0.2, 0.25) is 0 Å². The molecule has 3 fully saturated rings. The van der Waals surface area contributed by atoms with Crippen molar-refractivity contribution >= 4 is 11.8 Å². The number of carbonyl (C=O) groups is 2. The number of amides is 2. The lowest BCUT2D eigenvalue weighted by molar-refractivity contribution is -0.151. The van der Waals surface area contributed by atoms with Crippen molar-refractivity contribution in [2.24, 2.45) is 17.8 Å². The van der Waals surface area contributed by atoms with Gasteiger partial charge in [-0.25, -0.2) is 4.39 Å². The minimum Gasteiger partial charge on any atom is -0.394 e. The van der Waals surface area contributed by atoms with Gasteiger partial charge in [-0.05, 0) is 75.0 Å². The van der Waals surface area contributed by atoms with E-state index in [9.17, 15) is 24.2 Å². The number of hydrogen-bond donors (Lipinski definition) is 3. The smallest absolute Gasteiger partial charge is 0.227 e. The molecule has 0 saturated carbocycles. The standard InChI is InChI=1S/C29H44FN3O5/c1-19-22(10-7-11-26(19)30)27(38-2)14-23-24(28(36)32-12-5-3-8-20(32)17-34)15-31-16-25(23)29(37)33-13-6-4-9-21(33)18-35/h7,10-11,20-21,23-25,27,31,34-35H,3-6,8-9,12-18H2,1-2H3/t20-,21-,23?,24-,25+,27?/m1/s1. The van der Waals surface area contributed by atoms with Gasteiger partial charge < -0.3 is 30.1 Å². The molecule has 0 bridgehead atoms. The van der Waals surface area contributed by atoms with Crippen molar-refractivity contribution < 1.29 is 28.9 Å². The number of halogens is 1. The molecule has 0 aliphatic carbocycles. The van der Waals surface area contributed by atoms with Crippen LogP contribution in [0, 0.1) is 30.5 Å². The molecule has 9 heteroatoms. The molecule has 0 spiro atoms. The number of nitrogens with zero attached hydrogens (tertiary/aromatic N) is 2. The highest BCUT2D eigenvalue weighted by atomic mass is 19.1. The Hall–Kier alpha value is -2.07. The summed E-state index contributed by atoms with van der Waals surface area (Å²) in [6.07, 6.45) is 5.19. The Kier molecular flexibility index (Phi) is 10.1. The van der Waals surface area contributed by atoms with Gasteiger partial charge in [-0.15, -0.1) is 0 Å². The van der Waals surface area contributed by atoms with E-state index in [1.54, 1.807) is 20.1 Å². The van der Waals surface area contributed by atoms with Gasteiger partial charge in [-0.2, -0.15) is 0 Å². The molecule has 3 N–H and O–H groups in total. The second-order valence-corrected chi connectivity index (χ2v) is 11.2. The van der Waals surface area contributed by atoms with Gasteiger partial charge in [-0.3, -0.25) is 9.59 Å². The fourth-order valence-corrected chi connectivity index (χ4v) is 6.80. The Morgan fingerprint density at radius 2 is 1.55 bits per heavy atom. The van der Waals surface area contributed by atoms with Crippen LogP contribution in [0.1, 0.15) is 62.2 Å². The molecule has 1 aromatic carbocycles. The molecule has 1 aromatic rings. The van der Waals surface area contributed by atoms with E-state index in [-0.39, 0.29) is 48.8 Å². The lowest BCUT2D eigenvalue weighted by Gasteiger charge is -2.45. The van der Waals surface area contributed by atoms with Crippen LogP contribution in [0.15, 0.2) is 18.2 Å². The quantitative estimate of drug-likeness (QED) is 0.475. The predicted molar refractivity (Wildman–Crippen MR) is 142 cm³/mol. The predicted octanol–water partition coefficient (Wildman–Crippen LogP) is 2.41. The summed E-state index contributed by atoms with van der Waals surface area (Å²) >= 11 is 0. The average molecular weight is 534 g/mol. The summed E-state index contributed by atoms with van der Waals surface area (Å²) in [5.74, 6) is -1.69. The molecule has 6 atom stereocenters. The molecule has 3 heterocycles. The minimum atomic E-state index is -0.482. The number of carbonyl (C=O) groups excluding carboxylic acids is 2. The van der Waals surface area contributed by atoms with Crippen molar-refractivity contribution in [1.82, 2.24) is 15.1 Å². The third kappa shape index (κ3) is 6.06. The zero-order valence-corrected chi connectivity index (χ0v) is 22.8. The highest BCUT2D eigenvalue weighted by molar-refractivity contribution is 5.84. The van der Waals surface area contributed by atoms with Gasteiger partial charge >= 0.3 is 0 Å². The van der Waals surface area contributed by atoms with Crippen LogP contribution >= 0.6 is 0 Å². The number of nitrogens with one attached hydrogen (secondary N) is 1. The third-order valence-electron chi connectivity index (χ3n) is 9.07. The molecule has 3 aliphatic heterocycles. The largest absolute Gasteiger partial charge is 0.394 e. The number of piperidine rings is 3. The first-order valence-corrected chi connectivity index (χ1v) is 14.2. The first-order valence-electron chi connectivity index (χ1n) is 14.2. The topological polar surface area (TPSA) is 102 Å². The third-order valence-corrected chi connectivity index (χ3v) is 9.07. The van der Waals surface area contributed by atoms with Gasteiger partial charge in [0.05, 0.1) is 43.2 Å². The fourth-order valence-electron chi connectivity index (χ4n) is 6.80. The summed E-state index contributed by atoms with van der Waals surface area (Å²) in [5.41, 5.74) is 1.23. The number of likely N-dealkylation sites (tertiary alicyclic amines) is 2. The van der Waals surface area contributed by atoms with Crippen LogP contribution < -0.4 is 5.32 Å². The molecule has 8 nitrogen and oxygen atoms in total. The summed E-state index contributed by atoms with van der Waals surface area (Å²) in [6, 6.07) is 4.51. The first kappa shape index (κ1) is 28.9. The SMILES string of the molecule is COC(CC1[C@@H](C(=O)N2CCCC[C@@H]2CO)CNC[C@H]1C(=O)N1CCCC[C@@H]1CO)c1cccc(F)c1C. The zero-order chi connectivity index (χ0) is 27.2. The van der Waals surface area contributed by atoms with Crippen LogP contribution in [0.4, 0.5) is 4.39 Å². The second-order valence-electron chi connectivity index (χ2n) is 11.2. The molecule has 0 radical (unpaired) electrons. The van der Waals surface area contributed by atoms with Crippen molar-refractivity contribution in [3.63, 3.8) is 0 Å². The van der Waals surface area contributed by atoms with Crippen LogP contribution in [-0.4, -0.2) is 90.4 Å². The fraction of sp³-hybridized carbons (Fsp3) is 0.724. The molecule has 3 saturated heterocycles. The number of aliphatic hydroxyl groups is 2. The summed E-state index contributed by atoms with van der Waals surface area (Å²) in [6.45, 7) is 3.64. The Morgan fingerprint density at radius 1 is 1.00 bits per heavy atom. The molecular formula is C29H44FN3O5. The van der Waals surface area contributed by atoms with Crippen molar-refractivity contribution in [2.45, 2.75) is 70.1 Å². The van der Waals surface area contributed by atoms with E-state index >= 15 is 0 Å². The molecular weight excluding hydrogens is 489 g/mol. The number of ether oxygens (including phenoxy) is 1. The Labute approximate surface area is 225 Å². The van der Waals surface area contributed by atoms with Gasteiger partial charge in [0, 0.05) is 33.3 Å². The van der Waals surface area contributed by atoms with E-state index in [0.717, 1.165) is 44.1 Å². The maximum absolute atomic E-state index is 14.5. The molecule has 4 rings (SSSR count).